The first-order valence-electron chi connectivity index (χ1n) is 10.5. The molecule has 0 saturated heterocycles. The van der Waals surface area contributed by atoms with Crippen LogP contribution in [0.3, 0.4) is 0 Å². The number of para-hydroxylation sites is 2. The number of fused-ring (bicyclic) bond motifs is 5. The summed E-state index contributed by atoms with van der Waals surface area (Å²) in [6, 6.07) is 37.8. The molecule has 0 spiro atoms. The lowest BCUT2D eigenvalue weighted by molar-refractivity contribution is 1.14. The van der Waals surface area contributed by atoms with E-state index >= 15 is 0 Å². The molecule has 0 radical (unpaired) electrons. The first-order chi connectivity index (χ1) is 14.9. The maximum absolute atomic E-state index is 2.41. The quantitative estimate of drug-likeness (QED) is 0.277. The third-order valence-corrected chi connectivity index (χ3v) is 6.59. The van der Waals surface area contributed by atoms with Gasteiger partial charge in [-0.25, -0.2) is 0 Å². The monoisotopic (exact) mass is 381 g/mol. The molecule has 7 rings (SSSR count). The van der Waals surface area contributed by atoms with Crippen LogP contribution in [-0.4, -0.2) is 4.57 Å². The van der Waals surface area contributed by atoms with E-state index < -0.39 is 0 Å². The summed E-state index contributed by atoms with van der Waals surface area (Å²) >= 11 is 0. The van der Waals surface area contributed by atoms with Crippen LogP contribution >= 0.6 is 0 Å². The number of aromatic nitrogens is 1. The second kappa shape index (κ2) is 5.84. The molecule has 140 valence electrons. The van der Waals surface area contributed by atoms with Crippen molar-refractivity contribution in [2.75, 3.05) is 0 Å². The third-order valence-electron chi connectivity index (χ3n) is 6.59. The average Bonchev–Trinajstić information content (AvgIpc) is 3.14. The Hall–Kier alpha value is -3.84. The van der Waals surface area contributed by atoms with E-state index in [-0.39, 0.29) is 0 Å². The van der Waals surface area contributed by atoms with Gasteiger partial charge in [-0.1, -0.05) is 78.9 Å². The summed E-state index contributed by atoms with van der Waals surface area (Å²) in [5.41, 5.74) is 9.31. The standard InChI is InChI=1S/C29H19N/c1-3-13-27-24(10-1)25-11-2-4-14-28(25)30(27)22-15-16-23-21(18-22)17-20-9-5-7-19-8-6-12-26(23)29(19)20/h1-16,18H,17H2. The van der Waals surface area contributed by atoms with E-state index in [2.05, 4.69) is 108 Å². The number of benzene rings is 5. The third kappa shape index (κ3) is 2.07. The minimum atomic E-state index is 0.981. The molecule has 1 nitrogen and oxygen atoms in total. The topological polar surface area (TPSA) is 4.93 Å². The zero-order chi connectivity index (χ0) is 19.7. The highest BCUT2D eigenvalue weighted by molar-refractivity contribution is 6.09. The lowest BCUT2D eigenvalue weighted by Crippen LogP contribution is -2.03. The fourth-order valence-corrected chi connectivity index (χ4v) is 5.32. The lowest BCUT2D eigenvalue weighted by atomic mass is 9.83. The van der Waals surface area contributed by atoms with Crippen LogP contribution in [0.25, 0.3) is 49.4 Å². The average molecular weight is 381 g/mol. The molecule has 0 aliphatic heterocycles. The number of hydrogen-bond donors (Lipinski definition) is 0. The summed E-state index contributed by atoms with van der Waals surface area (Å²) in [5, 5.41) is 5.36. The van der Waals surface area contributed by atoms with E-state index in [1.165, 1.54) is 60.5 Å². The zero-order valence-corrected chi connectivity index (χ0v) is 16.5. The maximum Gasteiger partial charge on any atom is 0.0541 e. The number of nitrogens with zero attached hydrogens (tertiary/aromatic N) is 1. The largest absolute Gasteiger partial charge is 0.309 e. The van der Waals surface area contributed by atoms with Crippen molar-refractivity contribution >= 4 is 32.6 Å². The van der Waals surface area contributed by atoms with Crippen molar-refractivity contribution in [3.05, 3.63) is 114 Å². The molecule has 0 amide bonds. The molecular formula is C29H19N. The molecule has 5 aromatic carbocycles. The van der Waals surface area contributed by atoms with Crippen LogP contribution in [0, 0.1) is 0 Å². The smallest absolute Gasteiger partial charge is 0.0541 e. The van der Waals surface area contributed by atoms with Gasteiger partial charge in [0.1, 0.15) is 0 Å². The van der Waals surface area contributed by atoms with Gasteiger partial charge < -0.3 is 4.57 Å². The van der Waals surface area contributed by atoms with Crippen molar-refractivity contribution in [2.24, 2.45) is 0 Å². The van der Waals surface area contributed by atoms with Crippen molar-refractivity contribution in [1.29, 1.82) is 0 Å². The SMILES string of the molecule is c1cc2c3c(cccc3c1)-c1ccc(-n3c4ccccc4c4ccccc43)cc1C2. The van der Waals surface area contributed by atoms with Gasteiger partial charge in [0.25, 0.3) is 0 Å². The van der Waals surface area contributed by atoms with Crippen LogP contribution in [0.5, 0.6) is 0 Å². The minimum Gasteiger partial charge on any atom is -0.309 e. The molecule has 0 atom stereocenters. The van der Waals surface area contributed by atoms with Crippen molar-refractivity contribution in [1.82, 2.24) is 4.57 Å². The molecule has 30 heavy (non-hydrogen) atoms. The van der Waals surface area contributed by atoms with E-state index in [9.17, 15) is 0 Å². The molecule has 0 fully saturated rings. The Bertz CT molecular complexity index is 1560. The molecule has 1 aliphatic rings. The van der Waals surface area contributed by atoms with Crippen molar-refractivity contribution in [3.63, 3.8) is 0 Å². The molecule has 0 bridgehead atoms. The van der Waals surface area contributed by atoms with Crippen LogP contribution < -0.4 is 0 Å². The van der Waals surface area contributed by atoms with Crippen molar-refractivity contribution < 1.29 is 0 Å². The molecule has 1 heteroatoms. The summed E-state index contributed by atoms with van der Waals surface area (Å²) in [6.07, 6.45) is 0.981. The zero-order valence-electron chi connectivity index (χ0n) is 16.5. The lowest BCUT2D eigenvalue weighted by Gasteiger charge is -2.22. The highest BCUT2D eigenvalue weighted by Crippen LogP contribution is 2.41. The fraction of sp³-hybridized carbons (Fsp3) is 0.0345. The summed E-state index contributed by atoms with van der Waals surface area (Å²) in [7, 11) is 0. The second-order valence-corrected chi connectivity index (χ2v) is 8.21. The van der Waals surface area contributed by atoms with Crippen LogP contribution in [0.1, 0.15) is 11.1 Å². The van der Waals surface area contributed by atoms with Crippen LogP contribution in [0.4, 0.5) is 0 Å². The normalized spacial score (nSPS) is 12.5. The second-order valence-electron chi connectivity index (χ2n) is 8.21. The molecule has 1 aliphatic carbocycles. The predicted octanol–water partition coefficient (Wildman–Crippen LogP) is 7.51. The first-order valence-corrected chi connectivity index (χ1v) is 10.5. The Morgan fingerprint density at radius 1 is 0.533 bits per heavy atom. The number of hydrogen-bond acceptors (Lipinski definition) is 0. The fourth-order valence-electron chi connectivity index (χ4n) is 5.32. The molecule has 0 unspecified atom stereocenters. The van der Waals surface area contributed by atoms with Gasteiger partial charge in [0, 0.05) is 16.5 Å². The summed E-state index contributed by atoms with van der Waals surface area (Å²) in [5.74, 6) is 0. The van der Waals surface area contributed by atoms with Gasteiger partial charge in [0.2, 0.25) is 0 Å². The van der Waals surface area contributed by atoms with Gasteiger partial charge in [-0.3, -0.25) is 0 Å². The van der Waals surface area contributed by atoms with E-state index in [1.54, 1.807) is 0 Å². The highest BCUT2D eigenvalue weighted by atomic mass is 15.0. The van der Waals surface area contributed by atoms with Gasteiger partial charge in [-0.05, 0) is 63.7 Å². The van der Waals surface area contributed by atoms with Crippen LogP contribution in [0.2, 0.25) is 0 Å². The van der Waals surface area contributed by atoms with Gasteiger partial charge >= 0.3 is 0 Å². The molecule has 0 saturated carbocycles. The van der Waals surface area contributed by atoms with Crippen LogP contribution in [0.15, 0.2) is 103 Å². The Labute approximate surface area is 174 Å². The van der Waals surface area contributed by atoms with Crippen molar-refractivity contribution in [3.8, 4) is 16.8 Å². The molecule has 6 aromatic rings. The summed E-state index contributed by atoms with van der Waals surface area (Å²) < 4.78 is 2.41. The Morgan fingerprint density at radius 2 is 1.23 bits per heavy atom. The molecule has 1 heterocycles. The first kappa shape index (κ1) is 16.0. The van der Waals surface area contributed by atoms with E-state index in [1.807, 2.05) is 0 Å². The Kier molecular flexibility index (Phi) is 3.12. The molecule has 0 N–H and O–H groups in total. The Balaban J connectivity index is 1.52. The molecule has 1 aromatic heterocycles. The maximum atomic E-state index is 2.41. The number of rotatable bonds is 1. The summed E-state index contributed by atoms with van der Waals surface area (Å²) in [4.78, 5) is 0. The van der Waals surface area contributed by atoms with E-state index in [0.717, 1.165) is 6.42 Å². The highest BCUT2D eigenvalue weighted by Gasteiger charge is 2.19. The predicted molar refractivity (Wildman–Crippen MR) is 127 cm³/mol. The summed E-state index contributed by atoms with van der Waals surface area (Å²) in [6.45, 7) is 0. The Morgan fingerprint density at radius 3 is 2.00 bits per heavy atom. The van der Waals surface area contributed by atoms with Crippen LogP contribution in [-0.2, 0) is 6.42 Å². The van der Waals surface area contributed by atoms with Gasteiger partial charge in [-0.15, -0.1) is 0 Å². The molecular weight excluding hydrogens is 362 g/mol. The minimum absolute atomic E-state index is 0.981. The van der Waals surface area contributed by atoms with Gasteiger partial charge in [0.15, 0.2) is 0 Å². The van der Waals surface area contributed by atoms with Gasteiger partial charge in [0.05, 0.1) is 11.0 Å². The van der Waals surface area contributed by atoms with Crippen molar-refractivity contribution in [2.45, 2.75) is 6.42 Å². The van der Waals surface area contributed by atoms with Gasteiger partial charge in [-0.2, -0.15) is 0 Å². The van der Waals surface area contributed by atoms with E-state index in [0.29, 0.717) is 0 Å². The van der Waals surface area contributed by atoms with E-state index in [4.69, 9.17) is 0 Å².